The Bertz CT molecular complexity index is 447. The van der Waals surface area contributed by atoms with Gasteiger partial charge in [-0.25, -0.2) is 0 Å². The van der Waals surface area contributed by atoms with Crippen LogP contribution in [-0.4, -0.2) is 11.7 Å². The number of hydrogen-bond donors (Lipinski definition) is 1. The lowest BCUT2D eigenvalue weighted by atomic mass is 9.89. The van der Waals surface area contributed by atoms with Gasteiger partial charge in [0, 0.05) is 5.56 Å². The Morgan fingerprint density at radius 3 is 2.68 bits per heavy atom. The van der Waals surface area contributed by atoms with Crippen molar-refractivity contribution in [2.24, 2.45) is 5.41 Å². The molecular weight excluding hydrogens is 238 g/mol. The lowest BCUT2D eigenvalue weighted by Crippen LogP contribution is -2.08. The molecule has 0 aliphatic heterocycles. The summed E-state index contributed by atoms with van der Waals surface area (Å²) in [5.74, 6) is 0.757. The highest BCUT2D eigenvalue weighted by atomic mass is 16.5. The van der Waals surface area contributed by atoms with Gasteiger partial charge in [0.05, 0.1) is 24.7 Å². The van der Waals surface area contributed by atoms with Gasteiger partial charge in [0.1, 0.15) is 5.75 Å². The van der Waals surface area contributed by atoms with Crippen molar-refractivity contribution in [1.82, 2.24) is 0 Å². The van der Waals surface area contributed by atoms with E-state index >= 15 is 0 Å². The molecule has 0 saturated heterocycles. The van der Waals surface area contributed by atoms with Crippen LogP contribution in [-0.2, 0) is 6.61 Å². The van der Waals surface area contributed by atoms with Gasteiger partial charge in [-0.2, -0.15) is 5.26 Å². The zero-order chi connectivity index (χ0) is 14.3. The molecule has 0 amide bonds. The molecule has 3 nitrogen and oxygen atoms in total. The van der Waals surface area contributed by atoms with Crippen LogP contribution in [0.5, 0.6) is 5.75 Å². The first-order valence-corrected chi connectivity index (χ1v) is 6.73. The molecule has 0 aliphatic carbocycles. The van der Waals surface area contributed by atoms with Gasteiger partial charge < -0.3 is 9.84 Å². The Balaban J connectivity index is 2.36. The van der Waals surface area contributed by atoms with Crippen molar-refractivity contribution in [3.8, 4) is 11.8 Å². The lowest BCUT2D eigenvalue weighted by molar-refractivity contribution is 0.257. The van der Waals surface area contributed by atoms with Crippen LogP contribution in [0.4, 0.5) is 0 Å². The predicted octanol–water partition coefficient (Wildman–Crippen LogP) is 3.59. The summed E-state index contributed by atoms with van der Waals surface area (Å²) in [6.07, 6.45) is 2.78. The monoisotopic (exact) mass is 261 g/mol. The molecule has 0 atom stereocenters. The molecule has 0 bridgehead atoms. The second-order valence-electron chi connectivity index (χ2n) is 5.57. The second kappa shape index (κ2) is 7.16. The van der Waals surface area contributed by atoms with Crippen LogP contribution in [0.2, 0.25) is 0 Å². The van der Waals surface area contributed by atoms with Gasteiger partial charge in [-0.15, -0.1) is 0 Å². The van der Waals surface area contributed by atoms with Gasteiger partial charge in [0.25, 0.3) is 0 Å². The van der Waals surface area contributed by atoms with Crippen molar-refractivity contribution in [2.45, 2.75) is 46.6 Å². The first kappa shape index (κ1) is 15.5. The third-order valence-corrected chi connectivity index (χ3v) is 3.14. The first-order valence-electron chi connectivity index (χ1n) is 6.73. The van der Waals surface area contributed by atoms with Crippen LogP contribution < -0.4 is 4.74 Å². The van der Waals surface area contributed by atoms with Crippen molar-refractivity contribution in [2.75, 3.05) is 6.61 Å². The highest BCUT2D eigenvalue weighted by Crippen LogP contribution is 2.23. The van der Waals surface area contributed by atoms with Crippen molar-refractivity contribution in [3.63, 3.8) is 0 Å². The van der Waals surface area contributed by atoms with E-state index in [0.717, 1.165) is 36.1 Å². The number of ether oxygens (including phenoxy) is 1. The van der Waals surface area contributed by atoms with Crippen LogP contribution >= 0.6 is 0 Å². The molecular formula is C16H23NO2. The number of aliphatic hydroxyl groups is 1. The second-order valence-corrected chi connectivity index (χ2v) is 5.57. The van der Waals surface area contributed by atoms with E-state index in [-0.39, 0.29) is 12.0 Å². The summed E-state index contributed by atoms with van der Waals surface area (Å²) in [7, 11) is 0. The van der Waals surface area contributed by atoms with E-state index in [1.54, 1.807) is 0 Å². The van der Waals surface area contributed by atoms with Gasteiger partial charge >= 0.3 is 0 Å². The Morgan fingerprint density at radius 2 is 2.05 bits per heavy atom. The summed E-state index contributed by atoms with van der Waals surface area (Å²) in [5, 5.41) is 18.2. The molecule has 0 radical (unpaired) electrons. The molecule has 0 unspecified atom stereocenters. The predicted molar refractivity (Wildman–Crippen MR) is 75.8 cm³/mol. The maximum absolute atomic E-state index is 9.27. The van der Waals surface area contributed by atoms with Gasteiger partial charge in [-0.1, -0.05) is 17.7 Å². The normalized spacial score (nSPS) is 11.1. The maximum atomic E-state index is 9.27. The summed E-state index contributed by atoms with van der Waals surface area (Å²) in [6, 6.07) is 8.12. The molecule has 0 fully saturated rings. The molecule has 0 aliphatic rings. The van der Waals surface area contributed by atoms with E-state index in [1.807, 2.05) is 39.0 Å². The summed E-state index contributed by atoms with van der Waals surface area (Å²) < 4.78 is 5.69. The van der Waals surface area contributed by atoms with Gasteiger partial charge in [-0.05, 0) is 46.1 Å². The quantitative estimate of drug-likeness (QED) is 0.763. The number of nitrogens with zero attached hydrogens (tertiary/aromatic N) is 1. The van der Waals surface area contributed by atoms with E-state index in [2.05, 4.69) is 6.07 Å². The first-order chi connectivity index (χ1) is 8.98. The fourth-order valence-electron chi connectivity index (χ4n) is 1.88. The van der Waals surface area contributed by atoms with Crippen molar-refractivity contribution < 1.29 is 9.84 Å². The number of unbranched alkanes of at least 4 members (excludes halogenated alkanes) is 1. The smallest absolute Gasteiger partial charge is 0.124 e. The third kappa shape index (κ3) is 5.32. The molecule has 3 heteroatoms. The minimum atomic E-state index is -0.250. The Labute approximate surface area is 115 Å². The maximum Gasteiger partial charge on any atom is 0.124 e. The molecule has 104 valence electrons. The van der Waals surface area contributed by atoms with Crippen LogP contribution in [0.15, 0.2) is 18.2 Å². The number of benzene rings is 1. The SMILES string of the molecule is Cc1ccc(OCCCCC(C)(C)C#N)c(CO)c1. The molecule has 0 aromatic heterocycles. The molecule has 1 rings (SSSR count). The van der Waals surface area contributed by atoms with Crippen molar-refractivity contribution >= 4 is 0 Å². The zero-order valence-electron chi connectivity index (χ0n) is 12.1. The Kier molecular flexibility index (Phi) is 5.85. The van der Waals surface area contributed by atoms with Crippen LogP contribution in [0.1, 0.15) is 44.2 Å². The van der Waals surface area contributed by atoms with E-state index in [9.17, 15) is 5.11 Å². The molecule has 1 N–H and O–H groups in total. The Morgan fingerprint density at radius 1 is 1.32 bits per heavy atom. The van der Waals surface area contributed by atoms with Crippen LogP contribution in [0.25, 0.3) is 0 Å². The fourth-order valence-corrected chi connectivity index (χ4v) is 1.88. The van der Waals surface area contributed by atoms with E-state index in [1.165, 1.54) is 0 Å². The summed E-state index contributed by atoms with van der Waals surface area (Å²) >= 11 is 0. The molecule has 0 spiro atoms. The van der Waals surface area contributed by atoms with E-state index in [0.29, 0.717) is 6.61 Å². The topological polar surface area (TPSA) is 53.2 Å². The number of hydrogen-bond acceptors (Lipinski definition) is 3. The van der Waals surface area contributed by atoms with E-state index < -0.39 is 0 Å². The van der Waals surface area contributed by atoms with Crippen molar-refractivity contribution in [3.05, 3.63) is 29.3 Å². The van der Waals surface area contributed by atoms with Gasteiger partial charge in [-0.3, -0.25) is 0 Å². The standard InChI is InChI=1S/C16H23NO2/c1-13-6-7-15(14(10-13)11-18)19-9-5-4-8-16(2,3)12-17/h6-7,10,18H,4-5,8-9,11H2,1-3H3. The average molecular weight is 261 g/mol. The highest BCUT2D eigenvalue weighted by molar-refractivity contribution is 5.36. The number of rotatable bonds is 7. The zero-order valence-corrected chi connectivity index (χ0v) is 12.1. The number of aryl methyl sites for hydroxylation is 1. The van der Waals surface area contributed by atoms with E-state index in [4.69, 9.17) is 10.00 Å². The lowest BCUT2D eigenvalue weighted by Gasteiger charge is -2.15. The average Bonchev–Trinajstić information content (AvgIpc) is 2.39. The minimum Gasteiger partial charge on any atom is -0.493 e. The highest BCUT2D eigenvalue weighted by Gasteiger charge is 2.15. The van der Waals surface area contributed by atoms with Crippen LogP contribution in [0.3, 0.4) is 0 Å². The Hall–Kier alpha value is -1.53. The summed E-state index contributed by atoms with van der Waals surface area (Å²) in [6.45, 7) is 6.53. The van der Waals surface area contributed by atoms with Crippen molar-refractivity contribution in [1.29, 1.82) is 5.26 Å². The molecule has 19 heavy (non-hydrogen) atoms. The molecule has 0 heterocycles. The molecule has 1 aromatic carbocycles. The number of aliphatic hydroxyl groups excluding tert-OH is 1. The van der Waals surface area contributed by atoms with Gasteiger partial charge in [0.2, 0.25) is 0 Å². The largest absolute Gasteiger partial charge is 0.493 e. The molecule has 1 aromatic rings. The third-order valence-electron chi connectivity index (χ3n) is 3.14. The summed E-state index contributed by atoms with van der Waals surface area (Å²) in [5.41, 5.74) is 1.70. The van der Waals surface area contributed by atoms with Gasteiger partial charge in [0.15, 0.2) is 0 Å². The summed E-state index contributed by atoms with van der Waals surface area (Å²) in [4.78, 5) is 0. The fraction of sp³-hybridized carbons (Fsp3) is 0.562. The minimum absolute atomic E-state index is 0.00151. The van der Waals surface area contributed by atoms with Crippen LogP contribution in [0, 0.1) is 23.7 Å². The number of nitriles is 1. The molecule has 0 saturated carbocycles.